The summed E-state index contributed by atoms with van der Waals surface area (Å²) in [5.74, 6) is 2.36. The second-order valence-electron chi connectivity index (χ2n) is 7.79. The number of ether oxygens (including phenoxy) is 1. The third kappa shape index (κ3) is 8.71. The molecule has 180 valence electrons. The van der Waals surface area contributed by atoms with Crippen LogP contribution in [-0.2, 0) is 11.3 Å². The van der Waals surface area contributed by atoms with E-state index in [1.165, 1.54) is 0 Å². The molecule has 8 nitrogen and oxygen atoms in total. The molecule has 33 heavy (non-hydrogen) atoms. The van der Waals surface area contributed by atoms with Gasteiger partial charge in [0.05, 0.1) is 13.2 Å². The van der Waals surface area contributed by atoms with Gasteiger partial charge in [-0.25, -0.2) is 9.98 Å². The summed E-state index contributed by atoms with van der Waals surface area (Å²) < 4.78 is 5.74. The average molecular weight is 566 g/mol. The van der Waals surface area contributed by atoms with Gasteiger partial charge in [-0.15, -0.1) is 24.0 Å². The number of halogens is 1. The Labute approximate surface area is 213 Å². The number of nitrogens with one attached hydrogen (secondary N) is 2. The van der Waals surface area contributed by atoms with Crippen LogP contribution >= 0.6 is 24.0 Å². The number of hydrogen-bond donors (Lipinski definition) is 3. The minimum atomic E-state index is -0.203. The van der Waals surface area contributed by atoms with Crippen molar-refractivity contribution in [3.05, 3.63) is 54.2 Å². The number of nitrogens with two attached hydrogens (primary N) is 1. The Morgan fingerprint density at radius 2 is 1.94 bits per heavy atom. The van der Waals surface area contributed by atoms with Crippen LogP contribution in [0.3, 0.4) is 0 Å². The molecule has 1 aliphatic heterocycles. The van der Waals surface area contributed by atoms with Crippen molar-refractivity contribution in [1.29, 1.82) is 0 Å². The second kappa shape index (κ2) is 14.6. The molecule has 1 fully saturated rings. The van der Waals surface area contributed by atoms with E-state index in [0.29, 0.717) is 13.2 Å². The van der Waals surface area contributed by atoms with Gasteiger partial charge >= 0.3 is 0 Å². The Morgan fingerprint density at radius 3 is 2.64 bits per heavy atom. The van der Waals surface area contributed by atoms with Gasteiger partial charge in [0.2, 0.25) is 5.91 Å². The number of rotatable bonds is 10. The first kappa shape index (κ1) is 26.7. The Bertz CT molecular complexity index is 872. The van der Waals surface area contributed by atoms with E-state index in [9.17, 15) is 4.79 Å². The Hall–Kier alpha value is -2.56. The van der Waals surface area contributed by atoms with Gasteiger partial charge in [-0.3, -0.25) is 4.79 Å². The lowest BCUT2D eigenvalue weighted by molar-refractivity contribution is -0.122. The number of para-hydroxylation sites is 1. The SMILES string of the molecule is CCNC(=NCc1cccnc1N1CCC(C(N)=O)CC1)NCCCOc1ccccc1.I. The van der Waals surface area contributed by atoms with Crippen LogP contribution in [0.4, 0.5) is 5.82 Å². The predicted octanol–water partition coefficient (Wildman–Crippen LogP) is 2.93. The summed E-state index contributed by atoms with van der Waals surface area (Å²) in [5.41, 5.74) is 6.53. The number of piperidine rings is 1. The zero-order chi connectivity index (χ0) is 22.6. The molecule has 0 radical (unpaired) electrons. The van der Waals surface area contributed by atoms with E-state index < -0.39 is 0 Å². The highest BCUT2D eigenvalue weighted by molar-refractivity contribution is 14.0. The van der Waals surface area contributed by atoms with E-state index in [0.717, 1.165) is 68.5 Å². The molecule has 1 aliphatic rings. The van der Waals surface area contributed by atoms with E-state index in [4.69, 9.17) is 15.5 Å². The number of anilines is 1. The fourth-order valence-corrected chi connectivity index (χ4v) is 3.71. The minimum absolute atomic E-state index is 0. The first-order valence-electron chi connectivity index (χ1n) is 11.4. The highest BCUT2D eigenvalue weighted by Gasteiger charge is 2.24. The second-order valence-corrected chi connectivity index (χ2v) is 7.79. The van der Waals surface area contributed by atoms with Gasteiger partial charge in [0.15, 0.2) is 5.96 Å². The smallest absolute Gasteiger partial charge is 0.220 e. The van der Waals surface area contributed by atoms with Crippen LogP contribution in [-0.4, -0.2) is 49.6 Å². The molecule has 1 aromatic carbocycles. The van der Waals surface area contributed by atoms with Crippen LogP contribution in [0, 0.1) is 5.92 Å². The number of benzene rings is 1. The van der Waals surface area contributed by atoms with Gasteiger partial charge in [0.25, 0.3) is 0 Å². The number of primary amides is 1. The van der Waals surface area contributed by atoms with Crippen LogP contribution in [0.15, 0.2) is 53.7 Å². The van der Waals surface area contributed by atoms with Crippen molar-refractivity contribution in [2.45, 2.75) is 32.7 Å². The first-order chi connectivity index (χ1) is 15.7. The van der Waals surface area contributed by atoms with Crippen molar-refractivity contribution in [2.24, 2.45) is 16.6 Å². The summed E-state index contributed by atoms with van der Waals surface area (Å²) in [6.45, 7) is 6.32. The third-order valence-electron chi connectivity index (χ3n) is 5.44. The Morgan fingerprint density at radius 1 is 1.18 bits per heavy atom. The normalized spacial score (nSPS) is 14.3. The molecule has 4 N–H and O–H groups in total. The average Bonchev–Trinajstić information content (AvgIpc) is 2.83. The van der Waals surface area contributed by atoms with Gasteiger partial charge in [-0.2, -0.15) is 0 Å². The highest BCUT2D eigenvalue weighted by Crippen LogP contribution is 2.24. The van der Waals surface area contributed by atoms with Crippen molar-refractivity contribution in [3.8, 4) is 5.75 Å². The molecule has 2 aromatic rings. The molecule has 9 heteroatoms. The minimum Gasteiger partial charge on any atom is -0.494 e. The number of carbonyl (C=O) groups is 1. The topological polar surface area (TPSA) is 105 Å². The molecule has 0 unspecified atom stereocenters. The number of aromatic nitrogens is 1. The monoisotopic (exact) mass is 566 g/mol. The van der Waals surface area contributed by atoms with Crippen molar-refractivity contribution in [2.75, 3.05) is 37.7 Å². The van der Waals surface area contributed by atoms with Crippen LogP contribution in [0.25, 0.3) is 0 Å². The van der Waals surface area contributed by atoms with Gasteiger partial charge in [0.1, 0.15) is 11.6 Å². The Balaban J connectivity index is 0.00000385. The van der Waals surface area contributed by atoms with Crippen LogP contribution in [0.5, 0.6) is 5.75 Å². The van der Waals surface area contributed by atoms with Gasteiger partial charge in [-0.05, 0) is 44.4 Å². The lowest BCUT2D eigenvalue weighted by Gasteiger charge is -2.32. The lowest BCUT2D eigenvalue weighted by atomic mass is 9.96. The molecule has 1 saturated heterocycles. The summed E-state index contributed by atoms with van der Waals surface area (Å²) in [5, 5.41) is 6.66. The molecule has 2 heterocycles. The molecular weight excluding hydrogens is 531 g/mol. The van der Waals surface area contributed by atoms with Gasteiger partial charge in [-0.1, -0.05) is 24.3 Å². The Kier molecular flexibility index (Phi) is 11.8. The number of amides is 1. The number of guanidine groups is 1. The van der Waals surface area contributed by atoms with E-state index in [1.807, 2.05) is 43.3 Å². The standard InChI is InChI=1S/C24H34N6O2.HI/c1-2-26-24(28-14-7-17-32-21-9-4-3-5-10-21)29-18-20-8-6-13-27-23(20)30-15-11-19(12-16-30)22(25)31;/h3-6,8-10,13,19H,2,7,11-12,14-18H2,1H3,(H2,25,31)(H2,26,28,29);1H. The van der Waals surface area contributed by atoms with Gasteiger partial charge in [0, 0.05) is 43.9 Å². The summed E-state index contributed by atoms with van der Waals surface area (Å²) in [4.78, 5) is 23.0. The van der Waals surface area contributed by atoms with Gasteiger partial charge < -0.3 is 26.0 Å². The molecule has 0 spiro atoms. The fourth-order valence-electron chi connectivity index (χ4n) is 3.71. The number of pyridine rings is 1. The maximum atomic E-state index is 11.5. The number of nitrogens with zero attached hydrogens (tertiary/aromatic N) is 3. The molecular formula is C24H35IN6O2. The molecule has 1 amide bonds. The number of carbonyl (C=O) groups excluding carboxylic acids is 1. The summed E-state index contributed by atoms with van der Waals surface area (Å²) in [6, 6.07) is 13.8. The maximum Gasteiger partial charge on any atom is 0.220 e. The zero-order valence-electron chi connectivity index (χ0n) is 19.2. The fraction of sp³-hybridized carbons (Fsp3) is 0.458. The summed E-state index contributed by atoms with van der Waals surface area (Å²) in [6.07, 6.45) is 4.21. The van der Waals surface area contributed by atoms with Crippen molar-refractivity contribution in [1.82, 2.24) is 15.6 Å². The van der Waals surface area contributed by atoms with Crippen molar-refractivity contribution < 1.29 is 9.53 Å². The quantitative estimate of drug-likeness (QED) is 0.177. The van der Waals surface area contributed by atoms with Crippen LogP contribution in [0.2, 0.25) is 0 Å². The summed E-state index contributed by atoms with van der Waals surface area (Å²) >= 11 is 0. The molecule has 0 saturated carbocycles. The van der Waals surface area contributed by atoms with Crippen LogP contribution < -0.4 is 26.0 Å². The number of aliphatic imine (C=N–C) groups is 1. The third-order valence-corrected chi connectivity index (χ3v) is 5.44. The largest absolute Gasteiger partial charge is 0.494 e. The molecule has 3 rings (SSSR count). The van der Waals surface area contributed by atoms with Crippen molar-refractivity contribution in [3.63, 3.8) is 0 Å². The van der Waals surface area contributed by atoms with E-state index in [-0.39, 0.29) is 35.8 Å². The molecule has 1 aromatic heterocycles. The summed E-state index contributed by atoms with van der Waals surface area (Å²) in [7, 11) is 0. The predicted molar refractivity (Wildman–Crippen MR) is 143 cm³/mol. The van der Waals surface area contributed by atoms with E-state index >= 15 is 0 Å². The van der Waals surface area contributed by atoms with E-state index in [2.05, 4.69) is 26.6 Å². The van der Waals surface area contributed by atoms with Crippen LogP contribution in [0.1, 0.15) is 31.7 Å². The molecule has 0 bridgehead atoms. The zero-order valence-corrected chi connectivity index (χ0v) is 21.5. The van der Waals surface area contributed by atoms with E-state index in [1.54, 1.807) is 6.20 Å². The lowest BCUT2D eigenvalue weighted by Crippen LogP contribution is -2.39. The van der Waals surface area contributed by atoms with Crippen molar-refractivity contribution >= 4 is 41.7 Å². The first-order valence-corrected chi connectivity index (χ1v) is 11.4. The number of hydrogen-bond acceptors (Lipinski definition) is 5. The molecule has 0 atom stereocenters. The molecule has 0 aliphatic carbocycles. The highest BCUT2D eigenvalue weighted by atomic mass is 127. The maximum absolute atomic E-state index is 11.5.